The van der Waals surface area contributed by atoms with E-state index < -0.39 is 0 Å². The second kappa shape index (κ2) is 4.01. The molecule has 0 aromatic heterocycles. The largest absolute Gasteiger partial charge is 0.403 e. The molecule has 0 unspecified atom stereocenters. The van der Waals surface area contributed by atoms with Gasteiger partial charge >= 0.3 is 0 Å². The van der Waals surface area contributed by atoms with Gasteiger partial charge < -0.3 is 10.6 Å². The minimum absolute atomic E-state index is 0.959. The van der Waals surface area contributed by atoms with Crippen molar-refractivity contribution in [3.63, 3.8) is 0 Å². The number of nitrogens with zero attached hydrogens (tertiary/aromatic N) is 1. The third kappa shape index (κ3) is 2.80. The highest BCUT2D eigenvalue weighted by molar-refractivity contribution is 4.96. The van der Waals surface area contributed by atoms with Crippen LogP contribution in [-0.2, 0) is 0 Å². The van der Waals surface area contributed by atoms with Crippen LogP contribution in [0.2, 0.25) is 0 Å². The van der Waals surface area contributed by atoms with Gasteiger partial charge in [0.1, 0.15) is 0 Å². The summed E-state index contributed by atoms with van der Waals surface area (Å²) < 4.78 is 0. The summed E-state index contributed by atoms with van der Waals surface area (Å²) in [6.45, 7) is 5.87. The van der Waals surface area contributed by atoms with E-state index in [9.17, 15) is 0 Å². The molecule has 0 aliphatic rings. The Bertz CT molecular complexity index is 116. The van der Waals surface area contributed by atoms with Crippen molar-refractivity contribution in [1.29, 1.82) is 0 Å². The Morgan fingerprint density at radius 2 is 2.33 bits per heavy atom. The number of nitrogens with two attached hydrogens (primary N) is 1. The van der Waals surface area contributed by atoms with Crippen molar-refractivity contribution in [3.05, 3.63) is 24.7 Å². The van der Waals surface area contributed by atoms with E-state index in [4.69, 9.17) is 5.73 Å². The first-order chi connectivity index (χ1) is 4.22. The molecular formula is C7H14N2. The first-order valence-corrected chi connectivity index (χ1v) is 3.01. The third-order valence-corrected chi connectivity index (χ3v) is 1.22. The Labute approximate surface area is 56.6 Å². The number of hydrogen-bond donors (Lipinski definition) is 1. The van der Waals surface area contributed by atoms with Gasteiger partial charge in [-0.2, -0.15) is 0 Å². The SMILES string of the molecule is C=C(CC)N(C)/C=C\N. The van der Waals surface area contributed by atoms with Gasteiger partial charge in [0.2, 0.25) is 0 Å². The summed E-state index contributed by atoms with van der Waals surface area (Å²) in [6.07, 6.45) is 4.24. The lowest BCUT2D eigenvalue weighted by molar-refractivity contribution is 0.548. The minimum atomic E-state index is 0.959. The van der Waals surface area contributed by atoms with Gasteiger partial charge in [0.25, 0.3) is 0 Å². The lowest BCUT2D eigenvalue weighted by Gasteiger charge is -2.14. The molecule has 52 valence electrons. The van der Waals surface area contributed by atoms with Gasteiger partial charge in [0.15, 0.2) is 0 Å². The lowest BCUT2D eigenvalue weighted by atomic mass is 10.3. The van der Waals surface area contributed by atoms with Crippen molar-refractivity contribution in [2.75, 3.05) is 7.05 Å². The number of rotatable bonds is 3. The summed E-state index contributed by atoms with van der Waals surface area (Å²) in [4.78, 5) is 1.90. The summed E-state index contributed by atoms with van der Waals surface area (Å²) in [7, 11) is 1.93. The average molecular weight is 126 g/mol. The summed E-state index contributed by atoms with van der Waals surface area (Å²) in [5.74, 6) is 0. The molecule has 0 aliphatic heterocycles. The van der Waals surface area contributed by atoms with Gasteiger partial charge in [-0.25, -0.2) is 0 Å². The summed E-state index contributed by atoms with van der Waals surface area (Å²) >= 11 is 0. The fraction of sp³-hybridized carbons (Fsp3) is 0.429. The van der Waals surface area contributed by atoms with Gasteiger partial charge in [0.05, 0.1) is 0 Å². The molecule has 9 heavy (non-hydrogen) atoms. The van der Waals surface area contributed by atoms with Crippen LogP contribution in [0.4, 0.5) is 0 Å². The molecule has 0 fully saturated rings. The van der Waals surface area contributed by atoms with Crippen LogP contribution < -0.4 is 5.73 Å². The van der Waals surface area contributed by atoms with E-state index in [0.717, 1.165) is 12.1 Å². The van der Waals surface area contributed by atoms with Crippen LogP contribution in [0.15, 0.2) is 24.7 Å². The highest BCUT2D eigenvalue weighted by atomic mass is 15.1. The fourth-order valence-corrected chi connectivity index (χ4v) is 0.484. The van der Waals surface area contributed by atoms with Crippen LogP contribution in [0.1, 0.15) is 13.3 Å². The van der Waals surface area contributed by atoms with Crippen molar-refractivity contribution in [2.24, 2.45) is 5.73 Å². The second-order valence-corrected chi connectivity index (χ2v) is 1.87. The molecule has 0 saturated heterocycles. The van der Waals surface area contributed by atoms with Gasteiger partial charge in [-0.3, -0.25) is 0 Å². The quantitative estimate of drug-likeness (QED) is 0.617. The predicted molar refractivity (Wildman–Crippen MR) is 40.5 cm³/mol. The molecule has 0 aromatic carbocycles. The summed E-state index contributed by atoms with van der Waals surface area (Å²) in [5, 5.41) is 0. The molecule has 2 nitrogen and oxygen atoms in total. The van der Waals surface area contributed by atoms with Crippen LogP contribution in [0, 0.1) is 0 Å². The molecule has 0 radical (unpaired) electrons. The molecule has 0 heterocycles. The Balaban J connectivity index is 3.72. The van der Waals surface area contributed by atoms with Crippen LogP contribution >= 0.6 is 0 Å². The van der Waals surface area contributed by atoms with Crippen LogP contribution in [0.5, 0.6) is 0 Å². The van der Waals surface area contributed by atoms with Gasteiger partial charge in [-0.15, -0.1) is 0 Å². The summed E-state index contributed by atoms with van der Waals surface area (Å²) in [6, 6.07) is 0. The average Bonchev–Trinajstić information content (AvgIpc) is 1.87. The zero-order valence-corrected chi connectivity index (χ0v) is 6.09. The summed E-state index contributed by atoms with van der Waals surface area (Å²) in [5.41, 5.74) is 6.22. The van der Waals surface area contributed by atoms with Gasteiger partial charge in [-0.05, 0) is 6.42 Å². The van der Waals surface area contributed by atoms with E-state index in [1.54, 1.807) is 6.20 Å². The predicted octanol–water partition coefficient (Wildman–Crippen LogP) is 1.27. The van der Waals surface area contributed by atoms with Crippen LogP contribution in [0.25, 0.3) is 0 Å². The molecule has 0 aliphatic carbocycles. The molecular weight excluding hydrogens is 112 g/mol. The van der Waals surface area contributed by atoms with E-state index in [-0.39, 0.29) is 0 Å². The number of allylic oxidation sites excluding steroid dienone is 1. The highest BCUT2D eigenvalue weighted by Crippen LogP contribution is 2.01. The van der Waals surface area contributed by atoms with E-state index >= 15 is 0 Å². The maximum Gasteiger partial charge on any atom is 0.0189 e. The van der Waals surface area contributed by atoms with Crippen molar-refractivity contribution < 1.29 is 0 Å². The molecule has 2 heteroatoms. The van der Waals surface area contributed by atoms with Crippen molar-refractivity contribution in [3.8, 4) is 0 Å². The normalized spacial score (nSPS) is 10.0. The smallest absolute Gasteiger partial charge is 0.0189 e. The van der Waals surface area contributed by atoms with E-state index in [2.05, 4.69) is 13.5 Å². The maximum absolute atomic E-state index is 5.16. The topological polar surface area (TPSA) is 29.3 Å². The van der Waals surface area contributed by atoms with E-state index in [0.29, 0.717) is 0 Å². The molecule has 0 rings (SSSR count). The van der Waals surface area contributed by atoms with E-state index in [1.807, 2.05) is 11.9 Å². The van der Waals surface area contributed by atoms with E-state index in [1.165, 1.54) is 6.20 Å². The van der Waals surface area contributed by atoms with Gasteiger partial charge in [0, 0.05) is 25.1 Å². The van der Waals surface area contributed by atoms with Crippen molar-refractivity contribution in [2.45, 2.75) is 13.3 Å². The maximum atomic E-state index is 5.16. The molecule has 0 saturated carbocycles. The van der Waals surface area contributed by atoms with Crippen LogP contribution in [-0.4, -0.2) is 11.9 Å². The minimum Gasteiger partial charge on any atom is -0.403 e. The Kier molecular flexibility index (Phi) is 3.60. The molecule has 0 atom stereocenters. The standard InChI is InChI=1S/C7H14N2/c1-4-7(2)9(3)6-5-8/h5-6H,2,4,8H2,1,3H3/b6-5-. The van der Waals surface area contributed by atoms with Crippen molar-refractivity contribution in [1.82, 2.24) is 4.90 Å². The first kappa shape index (κ1) is 8.08. The van der Waals surface area contributed by atoms with Crippen LogP contribution in [0.3, 0.4) is 0 Å². The molecule has 0 amide bonds. The Morgan fingerprint density at radius 3 is 2.67 bits per heavy atom. The molecule has 2 N–H and O–H groups in total. The third-order valence-electron chi connectivity index (χ3n) is 1.22. The molecule has 0 spiro atoms. The Hall–Kier alpha value is -0.920. The molecule has 0 bridgehead atoms. The highest BCUT2D eigenvalue weighted by Gasteiger charge is 1.91. The fourth-order valence-electron chi connectivity index (χ4n) is 0.484. The molecule has 0 aromatic rings. The first-order valence-electron chi connectivity index (χ1n) is 3.01. The lowest BCUT2D eigenvalue weighted by Crippen LogP contribution is -2.08. The zero-order chi connectivity index (χ0) is 7.28. The monoisotopic (exact) mass is 126 g/mol. The van der Waals surface area contributed by atoms with Crippen molar-refractivity contribution >= 4 is 0 Å². The second-order valence-electron chi connectivity index (χ2n) is 1.87. The zero-order valence-electron chi connectivity index (χ0n) is 6.09. The number of hydrogen-bond acceptors (Lipinski definition) is 2. The Morgan fingerprint density at radius 1 is 1.78 bits per heavy atom. The van der Waals surface area contributed by atoms with Gasteiger partial charge in [-0.1, -0.05) is 13.5 Å².